The van der Waals surface area contributed by atoms with Crippen LogP contribution in [-0.2, 0) is 25.5 Å². The SMILES string of the molecule is CCOC(=O)C1(CC(=O)Cc2cc(C)c(-c3ccc(Cl)cc3)cc2C)CCOC(C)C1. The van der Waals surface area contributed by atoms with Crippen molar-refractivity contribution in [3.05, 3.63) is 58.1 Å². The monoisotopic (exact) mass is 442 g/mol. The standard InChI is InChI=1S/C26H31ClO4/c1-5-30-25(29)26(10-11-31-19(4)15-26)16-23(28)14-21-12-18(3)24(13-17(21)2)20-6-8-22(27)9-7-20/h6-9,12-13,19H,5,10-11,14-16H2,1-4H3. The second-order valence-corrected chi connectivity index (χ2v) is 9.07. The molecule has 31 heavy (non-hydrogen) atoms. The molecule has 0 radical (unpaired) electrons. The van der Waals surface area contributed by atoms with E-state index in [4.69, 9.17) is 21.1 Å². The van der Waals surface area contributed by atoms with Gasteiger partial charge >= 0.3 is 5.97 Å². The highest BCUT2D eigenvalue weighted by molar-refractivity contribution is 6.30. The second-order valence-electron chi connectivity index (χ2n) is 8.63. The Morgan fingerprint density at radius 3 is 2.52 bits per heavy atom. The molecule has 1 fully saturated rings. The number of benzene rings is 2. The lowest BCUT2D eigenvalue weighted by molar-refractivity contribution is -0.167. The highest BCUT2D eigenvalue weighted by Crippen LogP contribution is 2.39. The van der Waals surface area contributed by atoms with Gasteiger partial charge in [0.05, 0.1) is 18.1 Å². The number of aryl methyl sites for hydroxylation is 2. The van der Waals surface area contributed by atoms with Gasteiger partial charge in [-0.15, -0.1) is 0 Å². The molecule has 5 heteroatoms. The quantitative estimate of drug-likeness (QED) is 0.503. The van der Waals surface area contributed by atoms with Gasteiger partial charge in [0.15, 0.2) is 0 Å². The molecule has 0 aliphatic carbocycles. The molecule has 0 N–H and O–H groups in total. The third-order valence-electron chi connectivity index (χ3n) is 6.13. The Morgan fingerprint density at radius 1 is 1.16 bits per heavy atom. The van der Waals surface area contributed by atoms with E-state index in [9.17, 15) is 9.59 Å². The van der Waals surface area contributed by atoms with Crippen LogP contribution in [0.25, 0.3) is 11.1 Å². The van der Waals surface area contributed by atoms with Crippen molar-refractivity contribution in [3.63, 3.8) is 0 Å². The van der Waals surface area contributed by atoms with Crippen LogP contribution >= 0.6 is 11.6 Å². The minimum absolute atomic E-state index is 0.0592. The first-order chi connectivity index (χ1) is 14.7. The Hall–Kier alpha value is -2.17. The summed E-state index contributed by atoms with van der Waals surface area (Å²) in [6.07, 6.45) is 1.48. The van der Waals surface area contributed by atoms with Gasteiger partial charge in [0, 0.05) is 24.5 Å². The fraction of sp³-hybridized carbons (Fsp3) is 0.462. The number of rotatable bonds is 7. The average molecular weight is 443 g/mol. The van der Waals surface area contributed by atoms with Crippen molar-refractivity contribution in [2.24, 2.45) is 5.41 Å². The molecule has 1 aliphatic heterocycles. The number of esters is 1. The fourth-order valence-corrected chi connectivity index (χ4v) is 4.65. The van der Waals surface area contributed by atoms with Crippen LogP contribution in [0.2, 0.25) is 5.02 Å². The molecule has 1 saturated heterocycles. The Balaban J connectivity index is 1.79. The van der Waals surface area contributed by atoms with Crippen molar-refractivity contribution < 1.29 is 19.1 Å². The highest BCUT2D eigenvalue weighted by Gasteiger charge is 2.45. The molecule has 3 rings (SSSR count). The van der Waals surface area contributed by atoms with Crippen molar-refractivity contribution in [2.75, 3.05) is 13.2 Å². The predicted molar refractivity (Wildman–Crippen MR) is 123 cm³/mol. The molecule has 2 atom stereocenters. The molecule has 2 aromatic rings. The Morgan fingerprint density at radius 2 is 1.87 bits per heavy atom. The molecule has 0 aromatic heterocycles. The summed E-state index contributed by atoms with van der Waals surface area (Å²) in [6, 6.07) is 12.0. The summed E-state index contributed by atoms with van der Waals surface area (Å²) in [5, 5.41) is 0.707. The number of carbonyl (C=O) groups excluding carboxylic acids is 2. The van der Waals surface area contributed by atoms with Crippen molar-refractivity contribution in [1.82, 2.24) is 0 Å². The number of ether oxygens (including phenoxy) is 2. The molecule has 0 spiro atoms. The van der Waals surface area contributed by atoms with Crippen LogP contribution in [0.5, 0.6) is 0 Å². The van der Waals surface area contributed by atoms with Gasteiger partial charge in [-0.05, 0) is 80.5 Å². The summed E-state index contributed by atoms with van der Waals surface area (Å²) in [4.78, 5) is 25.9. The van der Waals surface area contributed by atoms with Crippen LogP contribution in [0.15, 0.2) is 36.4 Å². The minimum Gasteiger partial charge on any atom is -0.466 e. The van der Waals surface area contributed by atoms with Crippen molar-refractivity contribution in [2.45, 2.75) is 59.5 Å². The van der Waals surface area contributed by atoms with Crippen LogP contribution in [0.4, 0.5) is 0 Å². The third kappa shape index (κ3) is 5.55. The van der Waals surface area contributed by atoms with E-state index in [1.54, 1.807) is 6.92 Å². The van der Waals surface area contributed by atoms with E-state index < -0.39 is 5.41 Å². The Kier molecular flexibility index (Phi) is 7.55. The number of hydrogen-bond acceptors (Lipinski definition) is 4. The maximum atomic E-state index is 13.1. The Labute approximate surface area is 189 Å². The molecule has 0 bridgehead atoms. The van der Waals surface area contributed by atoms with Crippen LogP contribution in [-0.4, -0.2) is 31.1 Å². The maximum absolute atomic E-state index is 13.1. The molecule has 2 unspecified atom stereocenters. The van der Waals surface area contributed by atoms with E-state index in [0.717, 1.165) is 27.8 Å². The van der Waals surface area contributed by atoms with Gasteiger partial charge < -0.3 is 9.47 Å². The van der Waals surface area contributed by atoms with Gasteiger partial charge in [-0.1, -0.05) is 35.9 Å². The highest BCUT2D eigenvalue weighted by atomic mass is 35.5. The predicted octanol–water partition coefficient (Wildman–Crippen LogP) is 5.87. The Bertz CT molecular complexity index is 951. The van der Waals surface area contributed by atoms with Gasteiger partial charge in [-0.25, -0.2) is 0 Å². The van der Waals surface area contributed by atoms with E-state index in [2.05, 4.69) is 19.1 Å². The molecule has 4 nitrogen and oxygen atoms in total. The average Bonchev–Trinajstić information content (AvgIpc) is 2.71. The number of hydrogen-bond donors (Lipinski definition) is 0. The molecule has 1 aliphatic rings. The zero-order chi connectivity index (χ0) is 22.6. The third-order valence-corrected chi connectivity index (χ3v) is 6.38. The summed E-state index contributed by atoms with van der Waals surface area (Å²) < 4.78 is 11.0. The van der Waals surface area contributed by atoms with Gasteiger partial charge in [-0.3, -0.25) is 9.59 Å². The number of carbonyl (C=O) groups is 2. The van der Waals surface area contributed by atoms with Crippen LogP contribution in [0.1, 0.15) is 49.8 Å². The summed E-state index contributed by atoms with van der Waals surface area (Å²) in [7, 11) is 0. The normalized spacial score (nSPS) is 21.0. The van der Waals surface area contributed by atoms with Gasteiger partial charge in [-0.2, -0.15) is 0 Å². The van der Waals surface area contributed by atoms with Crippen molar-refractivity contribution >= 4 is 23.4 Å². The molecular weight excluding hydrogens is 412 g/mol. The lowest BCUT2D eigenvalue weighted by Crippen LogP contribution is -2.43. The number of ketones is 1. The van der Waals surface area contributed by atoms with E-state index in [1.165, 1.54) is 0 Å². The first-order valence-corrected chi connectivity index (χ1v) is 11.3. The van der Waals surface area contributed by atoms with Gasteiger partial charge in [0.25, 0.3) is 0 Å². The molecule has 0 saturated carbocycles. The molecule has 1 heterocycles. The van der Waals surface area contributed by atoms with E-state index in [1.807, 2.05) is 38.1 Å². The first kappa shape index (κ1) is 23.5. The summed E-state index contributed by atoms with van der Waals surface area (Å²) in [6.45, 7) is 8.61. The second kappa shape index (κ2) is 9.97. The van der Waals surface area contributed by atoms with Crippen LogP contribution in [0.3, 0.4) is 0 Å². The largest absolute Gasteiger partial charge is 0.466 e. The van der Waals surface area contributed by atoms with Gasteiger partial charge in [0.2, 0.25) is 0 Å². The summed E-state index contributed by atoms with van der Waals surface area (Å²) in [5.41, 5.74) is 4.62. The minimum atomic E-state index is -0.781. The first-order valence-electron chi connectivity index (χ1n) is 10.9. The van der Waals surface area contributed by atoms with E-state index >= 15 is 0 Å². The van der Waals surface area contributed by atoms with Crippen LogP contribution in [0, 0.1) is 19.3 Å². The summed E-state index contributed by atoms with van der Waals surface area (Å²) in [5.74, 6) is -0.214. The van der Waals surface area contributed by atoms with Crippen molar-refractivity contribution in [1.29, 1.82) is 0 Å². The van der Waals surface area contributed by atoms with E-state index in [0.29, 0.717) is 37.5 Å². The van der Waals surface area contributed by atoms with E-state index in [-0.39, 0.29) is 24.3 Å². The lowest BCUT2D eigenvalue weighted by Gasteiger charge is -2.37. The molecule has 2 aromatic carbocycles. The molecule has 0 amide bonds. The number of Topliss-reactive ketones (excluding diaryl/α,β-unsaturated/α-hetero) is 1. The lowest BCUT2D eigenvalue weighted by atomic mass is 9.73. The topological polar surface area (TPSA) is 52.6 Å². The molecular formula is C26H31ClO4. The van der Waals surface area contributed by atoms with Crippen molar-refractivity contribution in [3.8, 4) is 11.1 Å². The smallest absolute Gasteiger partial charge is 0.312 e. The summed E-state index contributed by atoms with van der Waals surface area (Å²) >= 11 is 6.02. The van der Waals surface area contributed by atoms with Crippen LogP contribution < -0.4 is 0 Å². The number of halogens is 1. The fourth-order valence-electron chi connectivity index (χ4n) is 4.53. The maximum Gasteiger partial charge on any atom is 0.312 e. The zero-order valence-electron chi connectivity index (χ0n) is 18.8. The van der Waals surface area contributed by atoms with Gasteiger partial charge in [0.1, 0.15) is 5.78 Å². The zero-order valence-corrected chi connectivity index (χ0v) is 19.6. The molecule has 166 valence electrons.